The van der Waals surface area contributed by atoms with E-state index >= 15 is 0 Å². The molecule has 0 bridgehead atoms. The van der Waals surface area contributed by atoms with Gasteiger partial charge in [0.2, 0.25) is 0 Å². The first-order valence-electron chi connectivity index (χ1n) is 18.3. The summed E-state index contributed by atoms with van der Waals surface area (Å²) in [7, 11) is 0. The van der Waals surface area contributed by atoms with Gasteiger partial charge in [0, 0.05) is 17.1 Å². The van der Waals surface area contributed by atoms with Crippen LogP contribution in [0, 0.1) is 0 Å². The van der Waals surface area contributed by atoms with Crippen molar-refractivity contribution in [2.75, 3.05) is 4.90 Å². The predicted octanol–water partition coefficient (Wildman–Crippen LogP) is 14.8. The first kappa shape index (κ1) is 30.8. The van der Waals surface area contributed by atoms with Crippen LogP contribution in [0.25, 0.3) is 76.5 Å². The van der Waals surface area contributed by atoms with E-state index < -0.39 is 0 Å². The zero-order chi connectivity index (χ0) is 35.1. The Kier molecular flexibility index (Phi) is 7.55. The van der Waals surface area contributed by atoms with Gasteiger partial charge in [-0.1, -0.05) is 170 Å². The lowest BCUT2D eigenvalue weighted by atomic mass is 9.96. The average molecular weight is 674 g/mol. The normalized spacial score (nSPS) is 11.4. The Morgan fingerprint density at radius 3 is 1.36 bits per heavy atom. The van der Waals surface area contributed by atoms with Crippen LogP contribution in [0.5, 0.6) is 0 Å². The Morgan fingerprint density at radius 2 is 0.698 bits per heavy atom. The van der Waals surface area contributed by atoms with Crippen LogP contribution in [-0.2, 0) is 0 Å². The third-order valence-corrected chi connectivity index (χ3v) is 10.6. The Labute approximate surface area is 309 Å². The van der Waals surface area contributed by atoms with Crippen molar-refractivity contribution in [1.82, 2.24) is 0 Å². The van der Waals surface area contributed by atoms with E-state index in [0.717, 1.165) is 17.1 Å². The lowest BCUT2D eigenvalue weighted by Crippen LogP contribution is -2.10. The molecule has 0 aliphatic heterocycles. The molecule has 0 radical (unpaired) electrons. The van der Waals surface area contributed by atoms with E-state index in [4.69, 9.17) is 0 Å². The molecule has 0 aliphatic carbocycles. The lowest BCUT2D eigenvalue weighted by Gasteiger charge is -2.26. The summed E-state index contributed by atoms with van der Waals surface area (Å²) in [5.41, 5.74) is 10.6. The van der Waals surface area contributed by atoms with E-state index in [1.807, 2.05) is 0 Å². The van der Waals surface area contributed by atoms with Crippen LogP contribution < -0.4 is 4.90 Å². The third-order valence-electron chi connectivity index (χ3n) is 10.6. The molecule has 0 spiro atoms. The molecule has 0 unspecified atom stereocenters. The SMILES string of the molecule is c1cc(-c2cccc3ccccc23)cc(N(c2ccc(-c3ccc4c(ccc5ccccc54)c3)cc2)c2ccc(-c3cccc4ccccc34)cc2)c1. The summed E-state index contributed by atoms with van der Waals surface area (Å²) >= 11 is 0. The molecule has 0 atom stereocenters. The first-order chi connectivity index (χ1) is 26.3. The number of anilines is 3. The highest BCUT2D eigenvalue weighted by molar-refractivity contribution is 6.08. The fourth-order valence-corrected chi connectivity index (χ4v) is 8.00. The van der Waals surface area contributed by atoms with Crippen LogP contribution in [0.4, 0.5) is 17.1 Å². The van der Waals surface area contributed by atoms with Crippen LogP contribution in [0.15, 0.2) is 212 Å². The smallest absolute Gasteiger partial charge is 0.0467 e. The molecule has 0 fully saturated rings. The molecule has 248 valence electrons. The van der Waals surface area contributed by atoms with Gasteiger partial charge < -0.3 is 4.90 Å². The van der Waals surface area contributed by atoms with Gasteiger partial charge in [-0.2, -0.15) is 0 Å². The third kappa shape index (κ3) is 5.60. The van der Waals surface area contributed by atoms with E-state index in [-0.39, 0.29) is 0 Å². The Bertz CT molecular complexity index is 2930. The van der Waals surface area contributed by atoms with Gasteiger partial charge in [0.25, 0.3) is 0 Å². The molecule has 53 heavy (non-hydrogen) atoms. The summed E-state index contributed by atoms with van der Waals surface area (Å²) < 4.78 is 0. The van der Waals surface area contributed by atoms with E-state index in [0.29, 0.717) is 0 Å². The summed E-state index contributed by atoms with van der Waals surface area (Å²) in [5.74, 6) is 0. The summed E-state index contributed by atoms with van der Waals surface area (Å²) in [5, 5.41) is 10.1. The summed E-state index contributed by atoms with van der Waals surface area (Å²) in [6.07, 6.45) is 0. The van der Waals surface area contributed by atoms with Crippen molar-refractivity contribution in [1.29, 1.82) is 0 Å². The molecule has 10 rings (SSSR count). The zero-order valence-corrected chi connectivity index (χ0v) is 29.2. The molecule has 0 heterocycles. The molecular weight excluding hydrogens is 639 g/mol. The minimum atomic E-state index is 1.11. The van der Waals surface area contributed by atoms with Crippen molar-refractivity contribution in [3.05, 3.63) is 212 Å². The molecular formula is C52H35N. The second-order valence-electron chi connectivity index (χ2n) is 13.8. The largest absolute Gasteiger partial charge is 0.310 e. The summed E-state index contributed by atoms with van der Waals surface area (Å²) in [6.45, 7) is 0. The van der Waals surface area contributed by atoms with Gasteiger partial charge in [0.05, 0.1) is 0 Å². The van der Waals surface area contributed by atoms with Gasteiger partial charge in [-0.3, -0.25) is 0 Å². The molecule has 0 aliphatic rings. The fourth-order valence-electron chi connectivity index (χ4n) is 8.00. The number of fused-ring (bicyclic) bond motifs is 5. The van der Waals surface area contributed by atoms with E-state index in [1.54, 1.807) is 0 Å². The van der Waals surface area contributed by atoms with Crippen molar-refractivity contribution in [2.45, 2.75) is 0 Å². The van der Waals surface area contributed by atoms with Gasteiger partial charge in [0.15, 0.2) is 0 Å². The van der Waals surface area contributed by atoms with Crippen LogP contribution in [0.3, 0.4) is 0 Å². The minimum absolute atomic E-state index is 1.11. The molecule has 1 heteroatoms. The number of benzene rings is 10. The van der Waals surface area contributed by atoms with E-state index in [2.05, 4.69) is 217 Å². The maximum atomic E-state index is 2.37. The zero-order valence-electron chi connectivity index (χ0n) is 29.2. The average Bonchev–Trinajstić information content (AvgIpc) is 3.24. The minimum Gasteiger partial charge on any atom is -0.310 e. The molecule has 0 saturated heterocycles. The number of hydrogen-bond acceptors (Lipinski definition) is 1. The van der Waals surface area contributed by atoms with Crippen molar-refractivity contribution in [3.63, 3.8) is 0 Å². The molecule has 1 nitrogen and oxygen atoms in total. The van der Waals surface area contributed by atoms with E-state index in [9.17, 15) is 0 Å². The van der Waals surface area contributed by atoms with Crippen LogP contribution >= 0.6 is 0 Å². The molecule has 0 saturated carbocycles. The standard InChI is InChI=1S/C52H35N/c1-4-17-47-37(10-1)13-8-20-50(47)40-26-31-45(32-27-40)53(46-16-7-15-42(35-46)51-21-9-14-38-11-2-5-18-48(38)51)44-29-24-36(25-30-44)41-28-33-52-43(34-41)23-22-39-12-3-6-19-49(39)52/h1-35H. The highest BCUT2D eigenvalue weighted by atomic mass is 15.1. The first-order valence-corrected chi connectivity index (χ1v) is 18.3. The van der Waals surface area contributed by atoms with E-state index in [1.165, 1.54) is 76.5 Å². The molecule has 10 aromatic rings. The molecule has 0 amide bonds. The highest BCUT2D eigenvalue weighted by Crippen LogP contribution is 2.40. The van der Waals surface area contributed by atoms with Crippen molar-refractivity contribution < 1.29 is 0 Å². The second kappa shape index (κ2) is 13.0. The van der Waals surface area contributed by atoms with Crippen molar-refractivity contribution in [2.24, 2.45) is 0 Å². The van der Waals surface area contributed by atoms with Gasteiger partial charge in [-0.05, 0) is 119 Å². The quantitative estimate of drug-likeness (QED) is 0.159. The van der Waals surface area contributed by atoms with Crippen LogP contribution in [-0.4, -0.2) is 0 Å². The Hall–Kier alpha value is -6.96. The molecule has 0 aromatic heterocycles. The maximum absolute atomic E-state index is 2.37. The lowest BCUT2D eigenvalue weighted by molar-refractivity contribution is 1.28. The summed E-state index contributed by atoms with van der Waals surface area (Å²) in [4.78, 5) is 2.37. The highest BCUT2D eigenvalue weighted by Gasteiger charge is 2.16. The monoisotopic (exact) mass is 673 g/mol. The van der Waals surface area contributed by atoms with Crippen molar-refractivity contribution in [3.8, 4) is 33.4 Å². The Balaban J connectivity index is 1.07. The number of hydrogen-bond donors (Lipinski definition) is 0. The number of rotatable bonds is 6. The van der Waals surface area contributed by atoms with Gasteiger partial charge in [0.1, 0.15) is 0 Å². The number of nitrogens with zero attached hydrogens (tertiary/aromatic N) is 1. The maximum Gasteiger partial charge on any atom is 0.0467 e. The van der Waals surface area contributed by atoms with Crippen LogP contribution in [0.2, 0.25) is 0 Å². The van der Waals surface area contributed by atoms with Crippen LogP contribution in [0.1, 0.15) is 0 Å². The molecule has 10 aromatic carbocycles. The fraction of sp³-hybridized carbons (Fsp3) is 0. The summed E-state index contributed by atoms with van der Waals surface area (Å²) in [6, 6.07) is 77.3. The Morgan fingerprint density at radius 1 is 0.226 bits per heavy atom. The van der Waals surface area contributed by atoms with Gasteiger partial charge in [-0.25, -0.2) is 0 Å². The van der Waals surface area contributed by atoms with Gasteiger partial charge >= 0.3 is 0 Å². The predicted molar refractivity (Wildman–Crippen MR) is 227 cm³/mol. The molecule has 0 N–H and O–H groups in total. The van der Waals surface area contributed by atoms with Crippen molar-refractivity contribution >= 4 is 60.2 Å². The second-order valence-corrected chi connectivity index (χ2v) is 13.8. The van der Waals surface area contributed by atoms with Gasteiger partial charge in [-0.15, -0.1) is 0 Å². The topological polar surface area (TPSA) is 3.24 Å².